The van der Waals surface area contributed by atoms with Gasteiger partial charge in [0.2, 0.25) is 0 Å². The van der Waals surface area contributed by atoms with Crippen LogP contribution in [-0.2, 0) is 0 Å². The zero-order valence-electron chi connectivity index (χ0n) is 64.5. The molecule has 550 valence electrons. The molecule has 2 aromatic heterocycles. The third kappa shape index (κ3) is 11.6. The zero-order chi connectivity index (χ0) is 77.7. The Hall–Kier alpha value is -15.6. The van der Waals surface area contributed by atoms with Gasteiger partial charge in [0.05, 0.1) is 22.1 Å². The molecule has 118 heavy (non-hydrogen) atoms. The van der Waals surface area contributed by atoms with Gasteiger partial charge in [0.25, 0.3) is 0 Å². The van der Waals surface area contributed by atoms with Crippen molar-refractivity contribution >= 4 is 142 Å². The van der Waals surface area contributed by atoms with E-state index in [1.54, 1.807) is 0 Å². The summed E-state index contributed by atoms with van der Waals surface area (Å²) in [7, 11) is 0. The summed E-state index contributed by atoms with van der Waals surface area (Å²) >= 11 is 0. The number of para-hydroxylation sites is 2. The standard InChI is InChI=1S/C114H74N4/c1-4-24-75(25-5-1)89-67-90(73-98(72-89)116(97-62-53-77-27-11-13-30-83(77)69-97)95-39-21-33-86(71-95)101-44-22-46-107-112(101)111-100-41-17-14-28-80(100)57-64-109(111)117(107)91-34-6-2-7-35-91)79-50-48-78(49-51-79)84-56-63-103-88(66-84)58-65-110-114(103)113-102(45-23-47-108(113)118(110)92-36-8-3-9-37-92)85-32-20-38-94(70-85)115(96-61-52-76-26-10-12-29-82(76)68-96)93-59-54-81(55-60-93)106-74-87-31-15-16-40-99(87)104-42-18-19-43-105(104)106/h1-74H. The Morgan fingerprint density at radius 2 is 0.517 bits per heavy atom. The minimum atomic E-state index is 1.05. The van der Waals surface area contributed by atoms with E-state index in [0.717, 1.165) is 101 Å². The number of anilines is 6. The van der Waals surface area contributed by atoms with Gasteiger partial charge in [0, 0.05) is 67.0 Å². The summed E-state index contributed by atoms with van der Waals surface area (Å²) < 4.78 is 4.89. The summed E-state index contributed by atoms with van der Waals surface area (Å²) in [5.74, 6) is 0. The first-order chi connectivity index (χ1) is 58.5. The summed E-state index contributed by atoms with van der Waals surface area (Å²) in [4.78, 5) is 4.88. The quantitative estimate of drug-likeness (QED) is 0.101. The summed E-state index contributed by atoms with van der Waals surface area (Å²) in [6, 6.07) is 166. The lowest BCUT2D eigenvalue weighted by Gasteiger charge is -2.28. The Bertz CT molecular complexity index is 7910. The maximum atomic E-state index is 2.46. The molecule has 0 aliphatic rings. The normalized spacial score (nSPS) is 11.7. The minimum Gasteiger partial charge on any atom is -0.310 e. The fraction of sp³-hybridized carbons (Fsp3) is 0. The summed E-state index contributed by atoms with van der Waals surface area (Å²) in [5.41, 5.74) is 27.2. The SMILES string of the molecule is c1ccc(-c2cc(-c3ccc(-c4ccc5c(ccc6c5c5c(-c7cccc(N(c8ccc(-c9cc%10ccccc%10c%10ccccc9%10)cc8)c8ccc9ccccc9c8)c7)cccc5n6-c5ccccc5)c4)cc3)cc(N(c3cccc(-c4cccc5c4c4c6ccccc6ccc4n5-c4ccccc4)c3)c3ccc4ccccc4c3)c2)cc1. The van der Waals surface area contributed by atoms with Crippen LogP contribution in [-0.4, -0.2) is 9.13 Å². The van der Waals surface area contributed by atoms with Crippen LogP contribution < -0.4 is 9.80 Å². The Morgan fingerprint density at radius 3 is 1.09 bits per heavy atom. The Morgan fingerprint density at radius 1 is 0.144 bits per heavy atom. The molecule has 0 atom stereocenters. The van der Waals surface area contributed by atoms with Crippen LogP contribution in [0.4, 0.5) is 34.1 Å². The van der Waals surface area contributed by atoms with Gasteiger partial charge in [-0.15, -0.1) is 0 Å². The molecule has 0 bridgehead atoms. The number of nitrogens with zero attached hydrogens (tertiary/aromatic N) is 4. The van der Waals surface area contributed by atoms with Crippen LogP contribution in [0.25, 0.3) is 186 Å². The van der Waals surface area contributed by atoms with Gasteiger partial charge in [-0.25, -0.2) is 0 Å². The van der Waals surface area contributed by atoms with E-state index in [1.807, 2.05) is 0 Å². The van der Waals surface area contributed by atoms with Crippen LogP contribution in [0.3, 0.4) is 0 Å². The minimum absolute atomic E-state index is 1.05. The molecule has 0 amide bonds. The Balaban J connectivity index is 0.633. The highest BCUT2D eigenvalue weighted by molar-refractivity contribution is 6.27. The maximum Gasteiger partial charge on any atom is 0.0547 e. The van der Waals surface area contributed by atoms with E-state index in [1.165, 1.54) is 119 Å². The van der Waals surface area contributed by atoms with Gasteiger partial charge >= 0.3 is 0 Å². The lowest BCUT2D eigenvalue weighted by Crippen LogP contribution is -2.10. The lowest BCUT2D eigenvalue weighted by atomic mass is 9.93. The molecule has 4 nitrogen and oxygen atoms in total. The molecule has 0 N–H and O–H groups in total. The van der Waals surface area contributed by atoms with E-state index in [2.05, 4.69) is 468 Å². The molecule has 0 saturated carbocycles. The van der Waals surface area contributed by atoms with Gasteiger partial charge in [-0.1, -0.05) is 309 Å². The molecule has 23 rings (SSSR count). The second-order valence-corrected chi connectivity index (χ2v) is 31.1. The Kier molecular flexibility index (Phi) is 16.2. The second kappa shape index (κ2) is 28.2. The average molecular weight is 1500 g/mol. The van der Waals surface area contributed by atoms with Crippen molar-refractivity contribution in [2.75, 3.05) is 9.80 Å². The highest BCUT2D eigenvalue weighted by Gasteiger charge is 2.25. The van der Waals surface area contributed by atoms with E-state index in [0.29, 0.717) is 0 Å². The summed E-state index contributed by atoms with van der Waals surface area (Å²) in [5, 5.41) is 19.5. The maximum absolute atomic E-state index is 2.46. The van der Waals surface area contributed by atoms with E-state index in [4.69, 9.17) is 0 Å². The smallest absolute Gasteiger partial charge is 0.0547 e. The van der Waals surface area contributed by atoms with Gasteiger partial charge in [-0.05, 0) is 271 Å². The molecule has 0 radical (unpaired) electrons. The van der Waals surface area contributed by atoms with E-state index in [9.17, 15) is 0 Å². The van der Waals surface area contributed by atoms with Crippen molar-refractivity contribution in [1.29, 1.82) is 0 Å². The first kappa shape index (κ1) is 68.0. The fourth-order valence-electron chi connectivity index (χ4n) is 18.9. The molecule has 0 unspecified atom stereocenters. The number of hydrogen-bond donors (Lipinski definition) is 0. The zero-order valence-corrected chi connectivity index (χ0v) is 64.5. The molecule has 23 aromatic rings. The highest BCUT2D eigenvalue weighted by Crippen LogP contribution is 2.49. The molecular weight excluding hydrogens is 1430 g/mol. The molecular formula is C114H74N4. The van der Waals surface area contributed by atoms with Crippen molar-refractivity contribution in [2.24, 2.45) is 0 Å². The largest absolute Gasteiger partial charge is 0.310 e. The van der Waals surface area contributed by atoms with Crippen LogP contribution in [0.15, 0.2) is 449 Å². The van der Waals surface area contributed by atoms with Gasteiger partial charge < -0.3 is 18.9 Å². The topological polar surface area (TPSA) is 16.3 Å². The summed E-state index contributed by atoms with van der Waals surface area (Å²) in [6.45, 7) is 0. The van der Waals surface area contributed by atoms with Crippen molar-refractivity contribution in [1.82, 2.24) is 9.13 Å². The second-order valence-electron chi connectivity index (χ2n) is 31.1. The van der Waals surface area contributed by atoms with Crippen molar-refractivity contribution in [3.63, 3.8) is 0 Å². The van der Waals surface area contributed by atoms with Gasteiger partial charge in [-0.3, -0.25) is 0 Å². The molecule has 0 spiro atoms. The highest BCUT2D eigenvalue weighted by atomic mass is 15.1. The number of fused-ring (bicyclic) bond motifs is 15. The third-order valence-corrected chi connectivity index (χ3v) is 24.3. The molecule has 2 heterocycles. The van der Waals surface area contributed by atoms with Crippen LogP contribution in [0.2, 0.25) is 0 Å². The fourth-order valence-corrected chi connectivity index (χ4v) is 18.9. The average Bonchev–Trinajstić information content (AvgIpc) is 1.56. The Labute approximate surface area is 683 Å². The van der Waals surface area contributed by atoms with Gasteiger partial charge in [-0.2, -0.15) is 0 Å². The van der Waals surface area contributed by atoms with Gasteiger partial charge in [0.15, 0.2) is 0 Å². The van der Waals surface area contributed by atoms with Crippen LogP contribution in [0.1, 0.15) is 0 Å². The van der Waals surface area contributed by atoms with Crippen LogP contribution in [0.5, 0.6) is 0 Å². The third-order valence-electron chi connectivity index (χ3n) is 24.3. The van der Waals surface area contributed by atoms with Crippen molar-refractivity contribution < 1.29 is 0 Å². The first-order valence-electron chi connectivity index (χ1n) is 40.7. The van der Waals surface area contributed by atoms with E-state index < -0.39 is 0 Å². The molecule has 0 aliphatic heterocycles. The molecule has 0 saturated heterocycles. The van der Waals surface area contributed by atoms with Crippen molar-refractivity contribution in [3.05, 3.63) is 449 Å². The van der Waals surface area contributed by atoms with E-state index in [-0.39, 0.29) is 0 Å². The summed E-state index contributed by atoms with van der Waals surface area (Å²) in [6.07, 6.45) is 0. The molecule has 0 aliphatic carbocycles. The monoisotopic (exact) mass is 1500 g/mol. The van der Waals surface area contributed by atoms with Crippen LogP contribution in [0, 0.1) is 0 Å². The van der Waals surface area contributed by atoms with Crippen molar-refractivity contribution in [3.8, 4) is 78.1 Å². The molecule has 21 aromatic carbocycles. The lowest BCUT2D eigenvalue weighted by molar-refractivity contribution is 1.18. The van der Waals surface area contributed by atoms with Crippen LogP contribution >= 0.6 is 0 Å². The number of aromatic nitrogens is 2. The van der Waals surface area contributed by atoms with Gasteiger partial charge in [0.1, 0.15) is 0 Å². The molecule has 0 fully saturated rings. The predicted molar refractivity (Wildman–Crippen MR) is 502 cm³/mol. The van der Waals surface area contributed by atoms with E-state index >= 15 is 0 Å². The first-order valence-corrected chi connectivity index (χ1v) is 40.7. The molecule has 4 heteroatoms. The number of benzene rings is 21. The predicted octanol–water partition coefficient (Wildman–Crippen LogP) is 31.7. The number of rotatable bonds is 14. The number of hydrogen-bond acceptors (Lipinski definition) is 2. The van der Waals surface area contributed by atoms with Crippen molar-refractivity contribution in [2.45, 2.75) is 0 Å².